The third kappa shape index (κ3) is 3.68. The van der Waals surface area contributed by atoms with E-state index in [2.05, 4.69) is 0 Å². The Morgan fingerprint density at radius 2 is 1.92 bits per heavy atom. The molecule has 6 heteroatoms. The number of benzene rings is 1. The molecular weight excluding hydrogens is 312 g/mol. The first-order valence-electron chi connectivity index (χ1n) is 8.16. The van der Waals surface area contributed by atoms with Crippen LogP contribution in [0, 0.1) is 0 Å². The van der Waals surface area contributed by atoms with Gasteiger partial charge in [0.25, 0.3) is 0 Å². The quantitative estimate of drug-likeness (QED) is 0.854. The predicted molar refractivity (Wildman–Crippen MR) is 85.0 cm³/mol. The predicted octanol–water partition coefficient (Wildman–Crippen LogP) is 1.79. The summed E-state index contributed by atoms with van der Waals surface area (Å²) in [4.78, 5) is 11.5. The summed E-state index contributed by atoms with van der Waals surface area (Å²) in [6.07, 6.45) is -1.81. The summed E-state index contributed by atoms with van der Waals surface area (Å²) < 4.78 is 23.1. The van der Waals surface area contributed by atoms with Crippen LogP contribution in [-0.4, -0.2) is 47.4 Å². The van der Waals surface area contributed by atoms with Crippen LogP contribution in [-0.2, 0) is 30.3 Å². The fourth-order valence-electron chi connectivity index (χ4n) is 3.30. The largest absolute Gasteiger partial charge is 0.374 e. The van der Waals surface area contributed by atoms with Crippen LogP contribution in [0.5, 0.6) is 0 Å². The van der Waals surface area contributed by atoms with Gasteiger partial charge < -0.3 is 24.1 Å². The average molecular weight is 336 g/mol. The molecule has 1 N–H and O–H groups in total. The van der Waals surface area contributed by atoms with Crippen LogP contribution in [0.1, 0.15) is 32.8 Å². The topological polar surface area (TPSA) is 74.2 Å². The van der Waals surface area contributed by atoms with Gasteiger partial charge in [-0.05, 0) is 26.3 Å². The summed E-state index contributed by atoms with van der Waals surface area (Å²) in [5, 5.41) is 10.7. The third-order valence-corrected chi connectivity index (χ3v) is 4.19. The first kappa shape index (κ1) is 17.5. The zero-order valence-corrected chi connectivity index (χ0v) is 14.2. The monoisotopic (exact) mass is 336 g/mol. The molecule has 0 amide bonds. The Balaban J connectivity index is 1.65. The van der Waals surface area contributed by atoms with Crippen LogP contribution in [0.25, 0.3) is 0 Å². The number of aliphatic hydroxyl groups is 1. The van der Waals surface area contributed by atoms with E-state index < -0.39 is 29.9 Å². The second-order valence-electron chi connectivity index (χ2n) is 6.90. The van der Waals surface area contributed by atoms with Crippen molar-refractivity contribution in [3.8, 4) is 0 Å². The lowest BCUT2D eigenvalue weighted by Gasteiger charge is -2.29. The normalized spacial score (nSPS) is 34.2. The zero-order chi connectivity index (χ0) is 17.4. The number of ketones is 1. The van der Waals surface area contributed by atoms with Crippen molar-refractivity contribution in [2.45, 2.75) is 63.7 Å². The number of Topliss-reactive ketones (excluding diaryl/α,β-unsaturated/α-hetero) is 1. The van der Waals surface area contributed by atoms with E-state index in [4.69, 9.17) is 18.9 Å². The molecule has 0 spiro atoms. The summed E-state index contributed by atoms with van der Waals surface area (Å²) in [5.74, 6) is -2.68. The van der Waals surface area contributed by atoms with Crippen LogP contribution < -0.4 is 0 Å². The van der Waals surface area contributed by atoms with Gasteiger partial charge in [0.1, 0.15) is 24.1 Å². The van der Waals surface area contributed by atoms with Gasteiger partial charge in [-0.1, -0.05) is 30.3 Å². The van der Waals surface area contributed by atoms with Gasteiger partial charge in [0.2, 0.25) is 5.79 Å². The molecule has 2 fully saturated rings. The van der Waals surface area contributed by atoms with E-state index in [9.17, 15) is 9.90 Å². The van der Waals surface area contributed by atoms with E-state index in [0.29, 0.717) is 6.61 Å². The van der Waals surface area contributed by atoms with Crippen molar-refractivity contribution in [3.05, 3.63) is 35.9 Å². The number of carbonyl (C=O) groups excluding carboxylic acids is 1. The van der Waals surface area contributed by atoms with Crippen molar-refractivity contribution in [1.29, 1.82) is 0 Å². The van der Waals surface area contributed by atoms with Crippen LogP contribution in [0.3, 0.4) is 0 Å². The molecule has 2 saturated heterocycles. The van der Waals surface area contributed by atoms with Gasteiger partial charge in [0.15, 0.2) is 5.79 Å². The lowest BCUT2D eigenvalue weighted by molar-refractivity contribution is -0.277. The number of rotatable bonds is 6. The molecule has 132 valence electrons. The van der Waals surface area contributed by atoms with Gasteiger partial charge >= 0.3 is 0 Å². The highest BCUT2D eigenvalue weighted by Crippen LogP contribution is 2.44. The third-order valence-electron chi connectivity index (χ3n) is 4.19. The molecule has 1 aromatic carbocycles. The minimum atomic E-state index is -1.68. The number of carbonyl (C=O) groups is 1. The zero-order valence-electron chi connectivity index (χ0n) is 14.2. The van der Waals surface area contributed by atoms with Crippen molar-refractivity contribution < 1.29 is 28.8 Å². The van der Waals surface area contributed by atoms with E-state index in [1.165, 1.54) is 6.92 Å². The molecule has 1 unspecified atom stereocenters. The first-order chi connectivity index (χ1) is 11.3. The second-order valence-corrected chi connectivity index (χ2v) is 6.90. The average Bonchev–Trinajstić information content (AvgIpc) is 2.93. The Morgan fingerprint density at radius 1 is 1.21 bits per heavy atom. The molecule has 24 heavy (non-hydrogen) atoms. The van der Waals surface area contributed by atoms with E-state index in [0.717, 1.165) is 5.56 Å². The van der Waals surface area contributed by atoms with Gasteiger partial charge in [-0.25, -0.2) is 0 Å². The molecule has 6 nitrogen and oxygen atoms in total. The highest BCUT2D eigenvalue weighted by molar-refractivity contribution is 5.76. The molecule has 0 radical (unpaired) electrons. The van der Waals surface area contributed by atoms with Crippen molar-refractivity contribution in [3.63, 3.8) is 0 Å². The Bertz CT molecular complexity index is 586. The number of ether oxygens (including phenoxy) is 4. The van der Waals surface area contributed by atoms with E-state index in [1.807, 2.05) is 30.3 Å². The summed E-state index contributed by atoms with van der Waals surface area (Å²) in [7, 11) is 0. The summed E-state index contributed by atoms with van der Waals surface area (Å²) >= 11 is 0. The van der Waals surface area contributed by atoms with Crippen molar-refractivity contribution in [1.82, 2.24) is 0 Å². The lowest BCUT2D eigenvalue weighted by atomic mass is 10.0. The van der Waals surface area contributed by atoms with Gasteiger partial charge in [0.05, 0.1) is 19.6 Å². The summed E-state index contributed by atoms with van der Waals surface area (Å²) in [6, 6.07) is 9.79. The Kier molecular flexibility index (Phi) is 4.77. The maximum atomic E-state index is 11.5. The van der Waals surface area contributed by atoms with Gasteiger partial charge in [-0.15, -0.1) is 0 Å². The molecule has 2 aliphatic heterocycles. The Hall–Kier alpha value is -1.31. The maximum absolute atomic E-state index is 11.5. The molecule has 0 aliphatic carbocycles. The number of hydrogen-bond donors (Lipinski definition) is 1. The molecule has 2 aliphatic rings. The van der Waals surface area contributed by atoms with Crippen molar-refractivity contribution in [2.75, 3.05) is 6.61 Å². The summed E-state index contributed by atoms with van der Waals surface area (Å²) in [6.45, 7) is 5.66. The molecule has 0 saturated carbocycles. The van der Waals surface area contributed by atoms with E-state index in [1.54, 1.807) is 13.8 Å². The molecule has 4 atom stereocenters. The molecule has 2 heterocycles. The van der Waals surface area contributed by atoms with Crippen molar-refractivity contribution in [2.24, 2.45) is 0 Å². The van der Waals surface area contributed by atoms with Crippen molar-refractivity contribution >= 4 is 5.78 Å². The summed E-state index contributed by atoms with van der Waals surface area (Å²) in [5.41, 5.74) is 1.05. The minimum Gasteiger partial charge on any atom is -0.374 e. The van der Waals surface area contributed by atoms with Crippen LogP contribution in [0.2, 0.25) is 0 Å². The maximum Gasteiger partial charge on any atom is 0.202 e. The van der Waals surface area contributed by atoms with Crippen LogP contribution in [0.4, 0.5) is 0 Å². The fourth-order valence-corrected chi connectivity index (χ4v) is 3.30. The highest BCUT2D eigenvalue weighted by Gasteiger charge is 2.62. The lowest BCUT2D eigenvalue weighted by Crippen LogP contribution is -2.44. The first-order valence-corrected chi connectivity index (χ1v) is 8.16. The highest BCUT2D eigenvalue weighted by atomic mass is 16.8. The van der Waals surface area contributed by atoms with Gasteiger partial charge in [-0.3, -0.25) is 4.79 Å². The number of hydrogen-bond acceptors (Lipinski definition) is 6. The molecular formula is C18H24O6. The number of fused-ring (bicyclic) bond motifs is 1. The van der Waals surface area contributed by atoms with E-state index >= 15 is 0 Å². The minimum absolute atomic E-state index is 0.136. The fraction of sp³-hybridized carbons (Fsp3) is 0.611. The van der Waals surface area contributed by atoms with E-state index in [-0.39, 0.29) is 18.8 Å². The van der Waals surface area contributed by atoms with Gasteiger partial charge in [0, 0.05) is 0 Å². The Morgan fingerprint density at radius 3 is 2.58 bits per heavy atom. The Labute approximate surface area is 141 Å². The SMILES string of the molecule is CC(=O)CC1(O)O[C@H](COCc2ccccc2)[C@H]2OC(C)(C)O[C@H]21. The smallest absolute Gasteiger partial charge is 0.202 e. The standard InChI is InChI=1S/C18H24O6/c1-12(19)9-18(20)16-15(23-17(2,3)24-16)14(22-18)11-21-10-13-7-5-4-6-8-13/h4-8,14-16,20H,9-11H2,1-3H3/t14-,15-,16-,18?/m1/s1. The molecule has 0 aromatic heterocycles. The van der Waals surface area contributed by atoms with Gasteiger partial charge in [-0.2, -0.15) is 0 Å². The van der Waals surface area contributed by atoms with Crippen LogP contribution in [0.15, 0.2) is 30.3 Å². The molecule has 0 bridgehead atoms. The second kappa shape index (κ2) is 6.54. The van der Waals surface area contributed by atoms with Crippen LogP contribution >= 0.6 is 0 Å². The molecule has 3 rings (SSSR count). The molecule has 1 aromatic rings.